The third kappa shape index (κ3) is 6.98. The Bertz CT molecular complexity index is 1560. The fourth-order valence-electron chi connectivity index (χ4n) is 4.59. The van der Waals surface area contributed by atoms with Crippen molar-refractivity contribution >= 4 is 35.1 Å². The fraction of sp³-hybridized carbons (Fsp3) is 0.212. The average Bonchev–Trinajstić information content (AvgIpc) is 3.01. The maximum atomic E-state index is 12.7. The number of ether oxygens (including phenoxy) is 2. The molecule has 4 aromatic rings. The lowest BCUT2D eigenvalue weighted by Gasteiger charge is -2.31. The number of nitrogens with one attached hydrogen (secondary N) is 3. The van der Waals surface area contributed by atoms with Crippen molar-refractivity contribution in [2.45, 2.75) is 11.3 Å². The molecule has 0 saturated carbocycles. The molecule has 1 aliphatic heterocycles. The molecule has 1 saturated heterocycles. The Hall–Kier alpha value is -4.63. The first-order chi connectivity index (χ1) is 20.6. The molecule has 0 spiro atoms. The van der Waals surface area contributed by atoms with Crippen LogP contribution in [0.15, 0.2) is 95.9 Å². The Labute approximate surface area is 250 Å². The molecule has 9 heteroatoms. The van der Waals surface area contributed by atoms with Crippen molar-refractivity contribution < 1.29 is 19.1 Å². The number of carbonyl (C=O) groups is 2. The highest BCUT2D eigenvalue weighted by atomic mass is 32.2. The second-order valence-corrected chi connectivity index (χ2v) is 10.6. The zero-order valence-corrected chi connectivity index (χ0v) is 24.5. The molecule has 0 radical (unpaired) electrons. The molecule has 42 heavy (non-hydrogen) atoms. The van der Waals surface area contributed by atoms with Crippen LogP contribution in [-0.2, 0) is 0 Å². The van der Waals surface area contributed by atoms with Crippen molar-refractivity contribution in [3.8, 4) is 22.6 Å². The number of hydrogen-bond donors (Lipinski definition) is 3. The highest BCUT2D eigenvalue weighted by Gasteiger charge is 2.21. The number of rotatable bonds is 12. The monoisotopic (exact) mass is 582 g/mol. The van der Waals surface area contributed by atoms with Crippen LogP contribution in [-0.4, -0.2) is 57.1 Å². The van der Waals surface area contributed by atoms with E-state index in [1.807, 2.05) is 77.7 Å². The number of carbonyl (C=O) groups excluding carboxylic acids is 2. The molecule has 0 bridgehead atoms. The van der Waals surface area contributed by atoms with Crippen LogP contribution >= 0.6 is 11.9 Å². The number of methoxy groups -OCH3 is 2. The number of benzene rings is 4. The van der Waals surface area contributed by atoms with Gasteiger partial charge in [-0.25, -0.2) is 0 Å². The minimum absolute atomic E-state index is 0.0835. The van der Waals surface area contributed by atoms with Gasteiger partial charge in [-0.3, -0.25) is 9.59 Å². The molecule has 4 aromatic carbocycles. The standard InChI is InChI=1S/C33H34N4O4S/c1-40-29-13-4-3-12-28(29)32(38)35-17-16-34-26-10-6-11-27(22-26)36-42-31-21-24(14-15-30(31)41-2)23-8-5-9-25(20-23)33(39)37-18-7-19-37/h3-6,8-15,20-22,34,36H,7,16-19H2,1-2H3,(H,35,38). The molecule has 1 heterocycles. The number of likely N-dealkylation sites (tertiary alicyclic amines) is 1. The van der Waals surface area contributed by atoms with Crippen LogP contribution in [0.3, 0.4) is 0 Å². The summed E-state index contributed by atoms with van der Waals surface area (Å²) in [6.07, 6.45) is 1.07. The summed E-state index contributed by atoms with van der Waals surface area (Å²) >= 11 is 1.46. The van der Waals surface area contributed by atoms with Gasteiger partial charge in [0.2, 0.25) is 0 Å². The summed E-state index contributed by atoms with van der Waals surface area (Å²) in [6.45, 7) is 2.68. The second-order valence-electron chi connectivity index (χ2n) is 9.76. The highest BCUT2D eigenvalue weighted by molar-refractivity contribution is 8.00. The summed E-state index contributed by atoms with van der Waals surface area (Å²) in [5.74, 6) is 1.21. The van der Waals surface area contributed by atoms with E-state index < -0.39 is 0 Å². The average molecular weight is 583 g/mol. The smallest absolute Gasteiger partial charge is 0.255 e. The lowest BCUT2D eigenvalue weighted by atomic mass is 10.0. The Morgan fingerprint density at radius 1 is 0.786 bits per heavy atom. The van der Waals surface area contributed by atoms with Gasteiger partial charge in [-0.1, -0.05) is 36.4 Å². The number of anilines is 2. The van der Waals surface area contributed by atoms with Crippen LogP contribution < -0.4 is 24.8 Å². The molecule has 0 aliphatic carbocycles. The van der Waals surface area contributed by atoms with E-state index in [2.05, 4.69) is 21.4 Å². The Balaban J connectivity index is 1.18. The van der Waals surface area contributed by atoms with E-state index in [-0.39, 0.29) is 11.8 Å². The lowest BCUT2D eigenvalue weighted by molar-refractivity contribution is 0.0651. The van der Waals surface area contributed by atoms with Crippen molar-refractivity contribution in [3.63, 3.8) is 0 Å². The van der Waals surface area contributed by atoms with Gasteiger partial charge in [-0.2, -0.15) is 0 Å². The van der Waals surface area contributed by atoms with Crippen molar-refractivity contribution in [2.75, 3.05) is 50.4 Å². The van der Waals surface area contributed by atoms with E-state index in [4.69, 9.17) is 9.47 Å². The maximum absolute atomic E-state index is 12.7. The number of amides is 2. The molecule has 3 N–H and O–H groups in total. The molecule has 0 unspecified atom stereocenters. The summed E-state index contributed by atoms with van der Waals surface area (Å²) < 4.78 is 14.3. The van der Waals surface area contributed by atoms with Crippen LogP contribution in [0.5, 0.6) is 11.5 Å². The van der Waals surface area contributed by atoms with E-state index in [1.54, 1.807) is 26.4 Å². The molecule has 0 atom stereocenters. The maximum Gasteiger partial charge on any atom is 0.255 e. The van der Waals surface area contributed by atoms with Crippen molar-refractivity contribution in [3.05, 3.63) is 102 Å². The zero-order valence-electron chi connectivity index (χ0n) is 23.7. The van der Waals surface area contributed by atoms with E-state index in [1.165, 1.54) is 11.9 Å². The van der Waals surface area contributed by atoms with Gasteiger partial charge < -0.3 is 29.7 Å². The summed E-state index contributed by atoms with van der Waals surface area (Å²) in [7, 11) is 3.21. The molecule has 216 valence electrons. The van der Waals surface area contributed by atoms with Gasteiger partial charge in [-0.15, -0.1) is 0 Å². The molecule has 8 nitrogen and oxygen atoms in total. The third-order valence-electron chi connectivity index (χ3n) is 6.98. The second kappa shape index (κ2) is 13.8. The summed E-state index contributed by atoms with van der Waals surface area (Å²) in [6, 6.07) is 28.9. The number of nitrogens with zero attached hydrogens (tertiary/aromatic N) is 1. The Kier molecular flexibility index (Phi) is 9.51. The van der Waals surface area contributed by atoms with Crippen LogP contribution in [0.4, 0.5) is 11.4 Å². The Morgan fingerprint density at radius 2 is 1.55 bits per heavy atom. The predicted molar refractivity (Wildman–Crippen MR) is 169 cm³/mol. The largest absolute Gasteiger partial charge is 0.496 e. The first kappa shape index (κ1) is 28.9. The highest BCUT2D eigenvalue weighted by Crippen LogP contribution is 2.35. The first-order valence-electron chi connectivity index (χ1n) is 13.8. The van der Waals surface area contributed by atoms with Crippen molar-refractivity contribution in [2.24, 2.45) is 0 Å². The van der Waals surface area contributed by atoms with Gasteiger partial charge in [0.25, 0.3) is 11.8 Å². The van der Waals surface area contributed by atoms with Gasteiger partial charge in [-0.05, 0) is 84.1 Å². The quantitative estimate of drug-likeness (QED) is 0.136. The van der Waals surface area contributed by atoms with Crippen LogP contribution in [0.2, 0.25) is 0 Å². The zero-order chi connectivity index (χ0) is 29.3. The van der Waals surface area contributed by atoms with E-state index in [0.29, 0.717) is 30.0 Å². The topological polar surface area (TPSA) is 91.9 Å². The van der Waals surface area contributed by atoms with E-state index in [0.717, 1.165) is 52.7 Å². The number of hydrogen-bond acceptors (Lipinski definition) is 7. The van der Waals surface area contributed by atoms with Crippen LogP contribution in [0.25, 0.3) is 11.1 Å². The normalized spacial score (nSPS) is 12.2. The van der Waals surface area contributed by atoms with Crippen LogP contribution in [0, 0.1) is 0 Å². The van der Waals surface area contributed by atoms with Gasteiger partial charge in [0, 0.05) is 43.1 Å². The molecular formula is C33H34N4O4S. The van der Waals surface area contributed by atoms with E-state index >= 15 is 0 Å². The van der Waals surface area contributed by atoms with Gasteiger partial charge >= 0.3 is 0 Å². The van der Waals surface area contributed by atoms with Gasteiger partial charge in [0.1, 0.15) is 11.5 Å². The van der Waals surface area contributed by atoms with Crippen LogP contribution in [0.1, 0.15) is 27.1 Å². The molecule has 1 aliphatic rings. The number of para-hydroxylation sites is 1. The molecule has 0 aromatic heterocycles. The molecular weight excluding hydrogens is 548 g/mol. The molecule has 5 rings (SSSR count). The predicted octanol–water partition coefficient (Wildman–Crippen LogP) is 6.18. The summed E-state index contributed by atoms with van der Waals surface area (Å²) in [5.41, 5.74) is 5.04. The minimum atomic E-state index is -0.174. The lowest BCUT2D eigenvalue weighted by Crippen LogP contribution is -2.41. The first-order valence-corrected chi connectivity index (χ1v) is 14.6. The van der Waals surface area contributed by atoms with Gasteiger partial charge in [0.05, 0.1) is 24.7 Å². The SMILES string of the molecule is COc1ccc(-c2cccc(C(=O)N3CCC3)c2)cc1SNc1cccc(NCCNC(=O)c2ccccc2OC)c1. The Morgan fingerprint density at radius 3 is 2.33 bits per heavy atom. The van der Waals surface area contributed by atoms with Crippen molar-refractivity contribution in [1.82, 2.24) is 10.2 Å². The fourth-order valence-corrected chi connectivity index (χ4v) is 5.38. The van der Waals surface area contributed by atoms with E-state index in [9.17, 15) is 9.59 Å². The molecule has 2 amide bonds. The summed E-state index contributed by atoms with van der Waals surface area (Å²) in [5, 5.41) is 6.27. The third-order valence-corrected chi connectivity index (χ3v) is 7.86. The van der Waals surface area contributed by atoms with Crippen molar-refractivity contribution in [1.29, 1.82) is 0 Å². The summed E-state index contributed by atoms with van der Waals surface area (Å²) in [4.78, 5) is 28.0. The minimum Gasteiger partial charge on any atom is -0.496 e. The van der Waals surface area contributed by atoms with Gasteiger partial charge in [0.15, 0.2) is 0 Å². The molecule has 1 fully saturated rings.